The van der Waals surface area contributed by atoms with Crippen molar-refractivity contribution >= 4 is 11.9 Å². The van der Waals surface area contributed by atoms with Crippen LogP contribution in [0.15, 0.2) is 60.2 Å². The summed E-state index contributed by atoms with van der Waals surface area (Å²) in [7, 11) is 0. The average molecular weight is 280 g/mol. The van der Waals surface area contributed by atoms with Crippen LogP contribution >= 0.6 is 0 Å². The molecule has 0 unspecified atom stereocenters. The normalized spacial score (nSPS) is 20.7. The number of ketones is 1. The Hall–Kier alpha value is -2.22. The van der Waals surface area contributed by atoms with Crippen LogP contribution in [0.5, 0.6) is 0 Å². The smallest absolute Gasteiger partial charge is 0.166 e. The van der Waals surface area contributed by atoms with Gasteiger partial charge in [-0.2, -0.15) is 0 Å². The van der Waals surface area contributed by atoms with E-state index in [0.717, 1.165) is 36.0 Å². The molecule has 1 aliphatic carbocycles. The number of halogens is 1. The molecule has 0 spiro atoms. The summed E-state index contributed by atoms with van der Waals surface area (Å²) in [6, 6.07) is 16.3. The lowest BCUT2D eigenvalue weighted by Crippen LogP contribution is -2.19. The maximum Gasteiger partial charge on any atom is 0.166 e. The van der Waals surface area contributed by atoms with Crippen molar-refractivity contribution < 1.29 is 9.18 Å². The molecule has 0 heterocycles. The Morgan fingerprint density at radius 3 is 2.62 bits per heavy atom. The van der Waals surface area contributed by atoms with Gasteiger partial charge in [-0.15, -0.1) is 0 Å². The van der Waals surface area contributed by atoms with Crippen molar-refractivity contribution in [2.45, 2.75) is 25.2 Å². The monoisotopic (exact) mass is 280 g/mol. The van der Waals surface area contributed by atoms with Crippen LogP contribution in [0.3, 0.4) is 0 Å². The molecule has 1 atom stereocenters. The predicted molar refractivity (Wildman–Crippen MR) is 82.4 cm³/mol. The Kier molecular flexibility index (Phi) is 3.96. The summed E-state index contributed by atoms with van der Waals surface area (Å²) in [5.74, 6) is -0.149. The quantitative estimate of drug-likeness (QED) is 0.726. The third kappa shape index (κ3) is 3.10. The molecule has 0 amide bonds. The number of rotatable bonds is 2. The van der Waals surface area contributed by atoms with Crippen LogP contribution in [-0.4, -0.2) is 5.78 Å². The van der Waals surface area contributed by atoms with Crippen LogP contribution in [-0.2, 0) is 4.79 Å². The molecular weight excluding hydrogens is 263 g/mol. The Balaban J connectivity index is 1.89. The number of carbonyl (C=O) groups is 1. The highest BCUT2D eigenvalue weighted by Crippen LogP contribution is 2.33. The number of benzene rings is 2. The Morgan fingerprint density at radius 2 is 1.86 bits per heavy atom. The molecule has 1 nitrogen and oxygen atoms in total. The highest BCUT2D eigenvalue weighted by Gasteiger charge is 2.27. The zero-order valence-electron chi connectivity index (χ0n) is 11.8. The van der Waals surface area contributed by atoms with Gasteiger partial charge in [-0.05, 0) is 54.2 Å². The molecule has 0 aliphatic heterocycles. The summed E-state index contributed by atoms with van der Waals surface area (Å²) in [6.07, 6.45) is 4.50. The fourth-order valence-corrected chi connectivity index (χ4v) is 2.92. The summed E-state index contributed by atoms with van der Waals surface area (Å²) in [4.78, 5) is 12.7. The van der Waals surface area contributed by atoms with Gasteiger partial charge >= 0.3 is 0 Å². The molecule has 0 N–H and O–H groups in total. The Labute approximate surface area is 124 Å². The second-order valence-electron chi connectivity index (χ2n) is 5.44. The molecule has 1 saturated carbocycles. The molecule has 1 fully saturated rings. The highest BCUT2D eigenvalue weighted by atomic mass is 19.1. The Morgan fingerprint density at radius 1 is 1.05 bits per heavy atom. The first-order chi connectivity index (χ1) is 10.2. The minimum Gasteiger partial charge on any atom is -0.294 e. The molecule has 2 aromatic carbocycles. The average Bonchev–Trinajstić information content (AvgIpc) is 2.50. The number of allylic oxidation sites excluding steroid dienone is 1. The van der Waals surface area contributed by atoms with E-state index in [0.29, 0.717) is 0 Å². The van der Waals surface area contributed by atoms with E-state index in [2.05, 4.69) is 0 Å². The van der Waals surface area contributed by atoms with Crippen LogP contribution in [0.1, 0.15) is 36.3 Å². The number of hydrogen-bond acceptors (Lipinski definition) is 1. The van der Waals surface area contributed by atoms with Gasteiger partial charge in [0, 0.05) is 5.92 Å². The first-order valence-corrected chi connectivity index (χ1v) is 7.29. The fourth-order valence-electron chi connectivity index (χ4n) is 2.92. The van der Waals surface area contributed by atoms with E-state index in [1.807, 2.05) is 42.5 Å². The molecule has 2 heteroatoms. The molecule has 3 rings (SSSR count). The van der Waals surface area contributed by atoms with Gasteiger partial charge in [0.1, 0.15) is 5.82 Å². The minimum atomic E-state index is -0.271. The lowest BCUT2D eigenvalue weighted by molar-refractivity contribution is -0.117. The summed E-state index contributed by atoms with van der Waals surface area (Å²) >= 11 is 0. The van der Waals surface area contributed by atoms with Gasteiger partial charge in [-0.25, -0.2) is 4.39 Å². The summed E-state index contributed by atoms with van der Waals surface area (Å²) in [6.45, 7) is 0. The topological polar surface area (TPSA) is 17.1 Å². The highest BCUT2D eigenvalue weighted by molar-refractivity contribution is 6.04. The largest absolute Gasteiger partial charge is 0.294 e. The van der Waals surface area contributed by atoms with Crippen molar-refractivity contribution in [3.8, 4) is 0 Å². The van der Waals surface area contributed by atoms with E-state index in [1.54, 1.807) is 6.07 Å². The third-order valence-corrected chi connectivity index (χ3v) is 3.96. The summed E-state index contributed by atoms with van der Waals surface area (Å²) in [5, 5.41) is 0. The van der Waals surface area contributed by atoms with Crippen LogP contribution in [0.2, 0.25) is 0 Å². The van der Waals surface area contributed by atoms with Crippen LogP contribution in [0.25, 0.3) is 6.08 Å². The van der Waals surface area contributed by atoms with Gasteiger partial charge in [-0.1, -0.05) is 42.5 Å². The lowest BCUT2D eigenvalue weighted by Gasteiger charge is -2.23. The molecule has 1 aliphatic rings. The first-order valence-electron chi connectivity index (χ1n) is 7.29. The van der Waals surface area contributed by atoms with Crippen molar-refractivity contribution in [2.24, 2.45) is 0 Å². The predicted octanol–water partition coefficient (Wildman–Crippen LogP) is 4.75. The molecule has 21 heavy (non-hydrogen) atoms. The summed E-state index contributed by atoms with van der Waals surface area (Å²) in [5.41, 5.74) is 2.64. The first kappa shape index (κ1) is 13.7. The van der Waals surface area contributed by atoms with Gasteiger partial charge < -0.3 is 0 Å². The molecule has 2 aromatic rings. The molecule has 0 bridgehead atoms. The fraction of sp³-hybridized carbons (Fsp3) is 0.211. The van der Waals surface area contributed by atoms with E-state index in [4.69, 9.17) is 0 Å². The van der Waals surface area contributed by atoms with Gasteiger partial charge in [0.05, 0.1) is 0 Å². The summed E-state index contributed by atoms with van der Waals surface area (Å²) < 4.78 is 13.2. The maximum absolute atomic E-state index is 13.2. The van der Waals surface area contributed by atoms with Crippen molar-refractivity contribution in [3.63, 3.8) is 0 Å². The molecule has 106 valence electrons. The third-order valence-electron chi connectivity index (χ3n) is 3.96. The van der Waals surface area contributed by atoms with E-state index in [-0.39, 0.29) is 17.5 Å². The van der Waals surface area contributed by atoms with E-state index in [1.165, 1.54) is 12.1 Å². The number of hydrogen-bond donors (Lipinski definition) is 0. The second-order valence-corrected chi connectivity index (χ2v) is 5.44. The minimum absolute atomic E-state index is 0.0558. The lowest BCUT2D eigenvalue weighted by atomic mass is 9.79. The zero-order chi connectivity index (χ0) is 14.7. The van der Waals surface area contributed by atoms with Gasteiger partial charge in [0.15, 0.2) is 5.78 Å². The van der Waals surface area contributed by atoms with Gasteiger partial charge in [0.25, 0.3) is 0 Å². The molecule has 0 radical (unpaired) electrons. The molecule has 0 aromatic heterocycles. The maximum atomic E-state index is 13.2. The number of carbonyl (C=O) groups excluding carboxylic acids is 1. The van der Waals surface area contributed by atoms with Crippen molar-refractivity contribution in [1.29, 1.82) is 0 Å². The Bertz CT molecular complexity index is 673. The van der Waals surface area contributed by atoms with Crippen molar-refractivity contribution in [1.82, 2.24) is 0 Å². The van der Waals surface area contributed by atoms with E-state index >= 15 is 0 Å². The van der Waals surface area contributed by atoms with E-state index in [9.17, 15) is 9.18 Å². The van der Waals surface area contributed by atoms with E-state index < -0.39 is 0 Å². The second kappa shape index (κ2) is 6.04. The molecule has 0 saturated heterocycles. The van der Waals surface area contributed by atoms with Crippen molar-refractivity contribution in [3.05, 3.63) is 77.1 Å². The standard InChI is InChI=1S/C19H17FO/c20-17-10-4-6-14(13-17)12-16-9-5-11-18(19(16)21)15-7-2-1-3-8-15/h1-4,6-8,10,12-13,18H,5,9,11H2/b16-12+/t18-/m0/s1. The van der Waals surface area contributed by atoms with Crippen LogP contribution < -0.4 is 0 Å². The zero-order valence-corrected chi connectivity index (χ0v) is 11.8. The SMILES string of the molecule is O=C1/C(=C/c2cccc(F)c2)CCC[C@H]1c1ccccc1. The van der Waals surface area contributed by atoms with Gasteiger partial charge in [0.2, 0.25) is 0 Å². The van der Waals surface area contributed by atoms with Crippen molar-refractivity contribution in [2.75, 3.05) is 0 Å². The molecular formula is C19H17FO. The van der Waals surface area contributed by atoms with Crippen LogP contribution in [0.4, 0.5) is 4.39 Å². The van der Waals surface area contributed by atoms with Crippen LogP contribution in [0, 0.1) is 5.82 Å². The number of Topliss-reactive ketones (excluding diaryl/α,β-unsaturated/α-hetero) is 1. The van der Waals surface area contributed by atoms with Gasteiger partial charge in [-0.3, -0.25) is 4.79 Å².